The van der Waals surface area contributed by atoms with Crippen molar-refractivity contribution in [3.63, 3.8) is 0 Å². The number of para-hydroxylation sites is 1. The Morgan fingerprint density at radius 1 is 1.08 bits per heavy atom. The number of ether oxygens (including phenoxy) is 1. The standard InChI is InChI=1S/C21H24N2O2/c1-17-7-9-19(10-8-17)25-16-12-21(24)22-13-4-14-23-15-11-18-5-2-3-6-20(18)23/h2-3,5-11,15H,4,12-14,16H2,1H3,(H,22,24). The van der Waals surface area contributed by atoms with Gasteiger partial charge in [0.15, 0.2) is 0 Å². The number of hydrogen-bond acceptors (Lipinski definition) is 2. The first-order valence-electron chi connectivity index (χ1n) is 8.72. The van der Waals surface area contributed by atoms with Crippen LogP contribution in [0, 0.1) is 6.92 Å². The lowest BCUT2D eigenvalue weighted by molar-refractivity contribution is -0.121. The summed E-state index contributed by atoms with van der Waals surface area (Å²) in [6, 6.07) is 18.3. The summed E-state index contributed by atoms with van der Waals surface area (Å²) in [5.41, 5.74) is 2.43. The summed E-state index contributed by atoms with van der Waals surface area (Å²) < 4.78 is 7.80. The fourth-order valence-electron chi connectivity index (χ4n) is 2.80. The Kier molecular flexibility index (Phi) is 5.73. The topological polar surface area (TPSA) is 43.3 Å². The van der Waals surface area contributed by atoms with Gasteiger partial charge in [-0.2, -0.15) is 0 Å². The van der Waals surface area contributed by atoms with E-state index in [-0.39, 0.29) is 5.91 Å². The molecule has 0 saturated heterocycles. The second-order valence-corrected chi connectivity index (χ2v) is 6.18. The number of benzene rings is 2. The minimum atomic E-state index is 0.0319. The van der Waals surface area contributed by atoms with Crippen molar-refractivity contribution >= 4 is 16.8 Å². The van der Waals surface area contributed by atoms with E-state index in [1.54, 1.807) is 0 Å². The smallest absolute Gasteiger partial charge is 0.223 e. The van der Waals surface area contributed by atoms with Crippen molar-refractivity contribution in [2.45, 2.75) is 26.3 Å². The van der Waals surface area contributed by atoms with Crippen molar-refractivity contribution in [3.8, 4) is 5.75 Å². The minimum absolute atomic E-state index is 0.0319. The summed E-state index contributed by atoms with van der Waals surface area (Å²) in [4.78, 5) is 11.9. The molecule has 0 fully saturated rings. The van der Waals surface area contributed by atoms with E-state index in [4.69, 9.17) is 4.74 Å². The second kappa shape index (κ2) is 8.38. The van der Waals surface area contributed by atoms with E-state index in [0.717, 1.165) is 18.7 Å². The normalized spacial score (nSPS) is 10.8. The fraction of sp³-hybridized carbons (Fsp3) is 0.286. The molecule has 25 heavy (non-hydrogen) atoms. The van der Waals surface area contributed by atoms with E-state index in [9.17, 15) is 4.79 Å². The SMILES string of the molecule is Cc1ccc(OCCC(=O)NCCCn2ccc3ccccc32)cc1. The number of rotatable bonds is 8. The van der Waals surface area contributed by atoms with Crippen LogP contribution in [-0.4, -0.2) is 23.6 Å². The van der Waals surface area contributed by atoms with Crippen LogP contribution < -0.4 is 10.1 Å². The molecule has 0 spiro atoms. The zero-order valence-electron chi connectivity index (χ0n) is 14.6. The van der Waals surface area contributed by atoms with Gasteiger partial charge >= 0.3 is 0 Å². The summed E-state index contributed by atoms with van der Waals surface area (Å²) in [5.74, 6) is 0.836. The number of nitrogens with one attached hydrogen (secondary N) is 1. The van der Waals surface area contributed by atoms with Crippen LogP contribution in [0.25, 0.3) is 10.9 Å². The third-order valence-electron chi connectivity index (χ3n) is 4.20. The van der Waals surface area contributed by atoms with Crippen LogP contribution in [0.2, 0.25) is 0 Å². The zero-order chi connectivity index (χ0) is 17.5. The molecule has 4 heteroatoms. The maximum Gasteiger partial charge on any atom is 0.223 e. The Morgan fingerprint density at radius 3 is 2.72 bits per heavy atom. The monoisotopic (exact) mass is 336 g/mol. The molecule has 1 N–H and O–H groups in total. The number of carbonyl (C=O) groups is 1. The first-order valence-corrected chi connectivity index (χ1v) is 8.72. The molecule has 3 aromatic rings. The summed E-state index contributed by atoms with van der Waals surface area (Å²) in [5, 5.41) is 4.21. The largest absolute Gasteiger partial charge is 0.493 e. The van der Waals surface area contributed by atoms with Crippen molar-refractivity contribution < 1.29 is 9.53 Å². The third kappa shape index (κ3) is 4.86. The van der Waals surface area contributed by atoms with Gasteiger partial charge in [-0.1, -0.05) is 35.9 Å². The molecular weight excluding hydrogens is 312 g/mol. The number of aryl methyl sites for hydroxylation is 2. The molecule has 0 unspecified atom stereocenters. The van der Waals surface area contributed by atoms with Gasteiger partial charge in [0.2, 0.25) is 5.91 Å². The molecule has 0 atom stereocenters. The predicted molar refractivity (Wildman–Crippen MR) is 101 cm³/mol. The van der Waals surface area contributed by atoms with Crippen molar-refractivity contribution in [2.24, 2.45) is 0 Å². The predicted octanol–water partition coefficient (Wildman–Crippen LogP) is 3.93. The molecule has 0 aliphatic rings. The number of hydrogen-bond donors (Lipinski definition) is 1. The molecule has 0 aliphatic carbocycles. The molecule has 130 valence electrons. The highest BCUT2D eigenvalue weighted by atomic mass is 16.5. The number of fused-ring (bicyclic) bond motifs is 1. The third-order valence-corrected chi connectivity index (χ3v) is 4.20. The average Bonchev–Trinajstić information content (AvgIpc) is 3.04. The second-order valence-electron chi connectivity index (χ2n) is 6.18. The summed E-state index contributed by atoms with van der Waals surface area (Å²) in [6.07, 6.45) is 3.38. The summed E-state index contributed by atoms with van der Waals surface area (Å²) in [6.45, 7) is 4.01. The lowest BCUT2D eigenvalue weighted by Crippen LogP contribution is -2.26. The highest BCUT2D eigenvalue weighted by molar-refractivity contribution is 5.79. The molecule has 0 saturated carbocycles. The average molecular weight is 336 g/mol. The van der Waals surface area contributed by atoms with Gasteiger partial charge in [-0.3, -0.25) is 4.79 Å². The molecule has 2 aromatic carbocycles. The van der Waals surface area contributed by atoms with Crippen LogP contribution in [0.3, 0.4) is 0 Å². The van der Waals surface area contributed by atoms with Gasteiger partial charge in [-0.25, -0.2) is 0 Å². The van der Waals surface area contributed by atoms with E-state index in [1.807, 2.05) is 37.3 Å². The maximum absolute atomic E-state index is 11.9. The zero-order valence-corrected chi connectivity index (χ0v) is 14.6. The molecule has 1 amide bonds. The van der Waals surface area contributed by atoms with Crippen LogP contribution in [0.4, 0.5) is 0 Å². The van der Waals surface area contributed by atoms with E-state index in [0.29, 0.717) is 19.6 Å². The fourth-order valence-corrected chi connectivity index (χ4v) is 2.80. The van der Waals surface area contributed by atoms with Gasteiger partial charge in [-0.05, 0) is 43.0 Å². The molecule has 3 rings (SSSR count). The molecule has 1 aromatic heterocycles. The highest BCUT2D eigenvalue weighted by Crippen LogP contribution is 2.15. The van der Waals surface area contributed by atoms with Gasteiger partial charge in [0, 0.05) is 24.8 Å². The number of carbonyl (C=O) groups excluding carboxylic acids is 1. The Morgan fingerprint density at radius 2 is 1.88 bits per heavy atom. The quantitative estimate of drug-likeness (QED) is 0.634. The molecule has 0 radical (unpaired) electrons. The van der Waals surface area contributed by atoms with Gasteiger partial charge in [-0.15, -0.1) is 0 Å². The molecule has 4 nitrogen and oxygen atoms in total. The van der Waals surface area contributed by atoms with Crippen LogP contribution in [0.1, 0.15) is 18.4 Å². The first-order chi connectivity index (χ1) is 12.2. The van der Waals surface area contributed by atoms with Crippen LogP contribution >= 0.6 is 0 Å². The Balaban J connectivity index is 1.33. The van der Waals surface area contributed by atoms with Crippen molar-refractivity contribution in [2.75, 3.05) is 13.2 Å². The van der Waals surface area contributed by atoms with Crippen LogP contribution in [0.5, 0.6) is 5.75 Å². The molecular formula is C21H24N2O2. The van der Waals surface area contributed by atoms with E-state index in [2.05, 4.69) is 40.3 Å². The van der Waals surface area contributed by atoms with E-state index < -0.39 is 0 Å². The number of nitrogens with zero attached hydrogens (tertiary/aromatic N) is 1. The summed E-state index contributed by atoms with van der Waals surface area (Å²) in [7, 11) is 0. The molecule has 0 bridgehead atoms. The Bertz CT molecular complexity index is 821. The Labute approximate surface area is 148 Å². The summed E-state index contributed by atoms with van der Waals surface area (Å²) >= 11 is 0. The van der Waals surface area contributed by atoms with Crippen LogP contribution in [0.15, 0.2) is 60.8 Å². The lowest BCUT2D eigenvalue weighted by atomic mass is 10.2. The first kappa shape index (κ1) is 17.1. The van der Waals surface area contributed by atoms with Gasteiger partial charge in [0.25, 0.3) is 0 Å². The minimum Gasteiger partial charge on any atom is -0.493 e. The maximum atomic E-state index is 11.9. The van der Waals surface area contributed by atoms with Gasteiger partial charge in [0.1, 0.15) is 5.75 Å². The number of amides is 1. The Hall–Kier alpha value is -2.75. The van der Waals surface area contributed by atoms with Gasteiger partial charge < -0.3 is 14.6 Å². The van der Waals surface area contributed by atoms with Crippen molar-refractivity contribution in [1.82, 2.24) is 9.88 Å². The molecule has 1 heterocycles. The van der Waals surface area contributed by atoms with Gasteiger partial charge in [0.05, 0.1) is 13.0 Å². The van der Waals surface area contributed by atoms with Crippen molar-refractivity contribution in [3.05, 3.63) is 66.4 Å². The lowest BCUT2D eigenvalue weighted by Gasteiger charge is -2.08. The van der Waals surface area contributed by atoms with Crippen LogP contribution in [-0.2, 0) is 11.3 Å². The van der Waals surface area contributed by atoms with E-state index >= 15 is 0 Å². The number of aromatic nitrogens is 1. The van der Waals surface area contributed by atoms with E-state index in [1.165, 1.54) is 16.5 Å². The van der Waals surface area contributed by atoms with Crippen molar-refractivity contribution in [1.29, 1.82) is 0 Å². The highest BCUT2D eigenvalue weighted by Gasteiger charge is 2.03. The molecule has 0 aliphatic heterocycles.